The summed E-state index contributed by atoms with van der Waals surface area (Å²) in [4.78, 5) is 5.09. The second-order valence-electron chi connectivity index (χ2n) is 11.9. The molecule has 0 amide bonds. The lowest BCUT2D eigenvalue weighted by Crippen LogP contribution is -2.21. The molecule has 2 aromatic rings. The summed E-state index contributed by atoms with van der Waals surface area (Å²) in [5.41, 5.74) is 9.71. The molecule has 0 aliphatic heterocycles. The van der Waals surface area contributed by atoms with Crippen molar-refractivity contribution >= 4 is 11.3 Å². The topological polar surface area (TPSA) is 54.6 Å². The number of pyridine rings is 1. The van der Waals surface area contributed by atoms with Crippen LogP contribution in [0.4, 0.5) is 0 Å². The molecular formula is C31H42N4. The van der Waals surface area contributed by atoms with Gasteiger partial charge >= 0.3 is 0 Å². The van der Waals surface area contributed by atoms with Gasteiger partial charge in [0.1, 0.15) is 0 Å². The Labute approximate surface area is 211 Å². The maximum Gasteiger partial charge on any atom is 0.0971 e. The van der Waals surface area contributed by atoms with Gasteiger partial charge < -0.3 is 5.41 Å². The smallest absolute Gasteiger partial charge is 0.0971 e. The van der Waals surface area contributed by atoms with Crippen LogP contribution in [0.3, 0.4) is 0 Å². The predicted octanol–water partition coefficient (Wildman–Crippen LogP) is 8.25. The van der Waals surface area contributed by atoms with Gasteiger partial charge in [-0.1, -0.05) is 59.8 Å². The molecule has 0 saturated heterocycles. The molecule has 1 fully saturated rings. The number of nitrogens with zero attached hydrogens (tertiary/aromatic N) is 3. The average Bonchev–Trinajstić information content (AvgIpc) is 3.11. The van der Waals surface area contributed by atoms with Crippen molar-refractivity contribution in [3.05, 3.63) is 70.3 Å². The van der Waals surface area contributed by atoms with E-state index in [4.69, 9.17) is 15.5 Å². The number of aromatic nitrogens is 3. The highest BCUT2D eigenvalue weighted by Crippen LogP contribution is 2.42. The summed E-state index contributed by atoms with van der Waals surface area (Å²) in [7, 11) is 0. The van der Waals surface area contributed by atoms with Crippen LogP contribution < -0.4 is 0 Å². The van der Waals surface area contributed by atoms with Crippen molar-refractivity contribution in [2.75, 3.05) is 0 Å². The van der Waals surface area contributed by atoms with Crippen molar-refractivity contribution in [2.24, 2.45) is 11.3 Å². The first-order chi connectivity index (χ1) is 16.5. The van der Waals surface area contributed by atoms with Gasteiger partial charge in [0.2, 0.25) is 0 Å². The molecule has 2 aliphatic rings. The van der Waals surface area contributed by atoms with E-state index >= 15 is 0 Å². The zero-order valence-electron chi connectivity index (χ0n) is 22.9. The standard InChI is InChI=1S/C31H42N4/c1-19(2)18-25-24(10-9-11-26(25)32)30-29(20(3)4)22(6)35(34-30)28-13-12-27(33-21(28)5)23-14-16-31(7,8)17-15-23/h9-13,18-20,23,32H,14-17H2,1-8H3/b25-18-,32-26?. The van der Waals surface area contributed by atoms with Gasteiger partial charge in [0.15, 0.2) is 0 Å². The van der Waals surface area contributed by atoms with Gasteiger partial charge in [-0.15, -0.1) is 0 Å². The fraction of sp³-hybridized carbons (Fsp3) is 0.516. The Hall–Kier alpha value is -2.75. The molecule has 4 heteroatoms. The third kappa shape index (κ3) is 5.12. The second kappa shape index (κ2) is 9.72. The lowest BCUT2D eigenvalue weighted by atomic mass is 9.72. The van der Waals surface area contributed by atoms with Crippen molar-refractivity contribution in [2.45, 2.75) is 92.9 Å². The molecule has 0 radical (unpaired) electrons. The molecule has 1 saturated carbocycles. The lowest BCUT2D eigenvalue weighted by Gasteiger charge is -2.34. The summed E-state index contributed by atoms with van der Waals surface area (Å²) in [5, 5.41) is 13.7. The molecule has 186 valence electrons. The van der Waals surface area contributed by atoms with Crippen LogP contribution in [0.2, 0.25) is 0 Å². The molecular weight excluding hydrogens is 428 g/mol. The van der Waals surface area contributed by atoms with Crippen LogP contribution in [-0.2, 0) is 0 Å². The largest absolute Gasteiger partial charge is 0.300 e. The first kappa shape index (κ1) is 25.3. The Morgan fingerprint density at radius 1 is 1.09 bits per heavy atom. The molecule has 0 spiro atoms. The highest BCUT2D eigenvalue weighted by atomic mass is 15.3. The molecule has 35 heavy (non-hydrogen) atoms. The third-order valence-electron chi connectivity index (χ3n) is 7.67. The van der Waals surface area contributed by atoms with Crippen molar-refractivity contribution in [3.8, 4) is 5.69 Å². The SMILES string of the molecule is Cc1nc(C2CCC(C)(C)CC2)ccc1-n1nc(C2=CC=CC(=N)/C2=C\C(C)C)c(C(C)C)c1C. The number of nitrogens with one attached hydrogen (secondary N) is 1. The molecule has 0 atom stereocenters. The van der Waals surface area contributed by atoms with Crippen molar-refractivity contribution in [1.82, 2.24) is 14.8 Å². The van der Waals surface area contributed by atoms with Crippen LogP contribution in [0.5, 0.6) is 0 Å². The average molecular weight is 471 g/mol. The molecule has 2 aromatic heterocycles. The summed E-state index contributed by atoms with van der Waals surface area (Å²) in [5.74, 6) is 1.23. The van der Waals surface area contributed by atoms with E-state index in [1.165, 1.54) is 36.9 Å². The third-order valence-corrected chi connectivity index (χ3v) is 7.67. The predicted molar refractivity (Wildman–Crippen MR) is 148 cm³/mol. The lowest BCUT2D eigenvalue weighted by molar-refractivity contribution is 0.222. The van der Waals surface area contributed by atoms with Crippen LogP contribution in [-0.4, -0.2) is 20.5 Å². The molecule has 4 rings (SSSR count). The van der Waals surface area contributed by atoms with E-state index in [-0.39, 0.29) is 0 Å². The molecule has 2 aliphatic carbocycles. The number of hydrogen-bond donors (Lipinski definition) is 1. The Balaban J connectivity index is 1.76. The summed E-state index contributed by atoms with van der Waals surface area (Å²) >= 11 is 0. The van der Waals surface area contributed by atoms with Gasteiger partial charge in [-0.05, 0) is 75.0 Å². The normalized spacial score (nSPS) is 19.8. The molecule has 4 nitrogen and oxygen atoms in total. The molecule has 0 aromatic carbocycles. The maximum atomic E-state index is 8.56. The number of hydrogen-bond acceptors (Lipinski definition) is 3. The van der Waals surface area contributed by atoms with Gasteiger partial charge in [0, 0.05) is 34.0 Å². The van der Waals surface area contributed by atoms with Crippen molar-refractivity contribution in [3.63, 3.8) is 0 Å². The minimum atomic E-state index is 0.318. The van der Waals surface area contributed by atoms with E-state index in [2.05, 4.69) is 84.4 Å². The van der Waals surface area contributed by atoms with Crippen LogP contribution in [0, 0.1) is 30.6 Å². The van der Waals surface area contributed by atoms with Crippen molar-refractivity contribution in [1.29, 1.82) is 5.41 Å². The monoisotopic (exact) mass is 470 g/mol. The summed E-state index contributed by atoms with van der Waals surface area (Å²) in [6.45, 7) is 17.8. The fourth-order valence-corrected chi connectivity index (χ4v) is 5.64. The zero-order valence-corrected chi connectivity index (χ0v) is 22.9. The molecule has 0 unspecified atom stereocenters. The summed E-state index contributed by atoms with van der Waals surface area (Å²) in [6.07, 6.45) is 13.1. The van der Waals surface area contributed by atoms with Gasteiger partial charge in [0.05, 0.1) is 22.8 Å². The molecule has 0 bridgehead atoms. The second-order valence-corrected chi connectivity index (χ2v) is 11.9. The highest BCUT2D eigenvalue weighted by Gasteiger charge is 2.29. The quantitative estimate of drug-likeness (QED) is 0.478. The number of aryl methyl sites for hydroxylation is 1. The van der Waals surface area contributed by atoms with E-state index < -0.39 is 0 Å². The van der Waals surface area contributed by atoms with E-state index in [1.807, 2.05) is 12.2 Å². The zero-order chi connectivity index (χ0) is 25.5. The molecule has 2 heterocycles. The molecule has 1 N–H and O–H groups in total. The number of allylic oxidation sites excluding steroid dienone is 6. The minimum Gasteiger partial charge on any atom is -0.300 e. The van der Waals surface area contributed by atoms with Crippen LogP contribution in [0.1, 0.15) is 107 Å². The Bertz CT molecular complexity index is 1210. The maximum absolute atomic E-state index is 8.56. The minimum absolute atomic E-state index is 0.318. The van der Waals surface area contributed by atoms with Crippen LogP contribution in [0.15, 0.2) is 42.0 Å². The van der Waals surface area contributed by atoms with E-state index in [0.717, 1.165) is 33.9 Å². The van der Waals surface area contributed by atoms with Gasteiger partial charge in [-0.25, -0.2) is 4.68 Å². The van der Waals surface area contributed by atoms with Crippen molar-refractivity contribution < 1.29 is 0 Å². The van der Waals surface area contributed by atoms with Crippen LogP contribution >= 0.6 is 0 Å². The Morgan fingerprint density at radius 3 is 2.37 bits per heavy atom. The first-order valence-corrected chi connectivity index (χ1v) is 13.3. The van der Waals surface area contributed by atoms with Crippen LogP contribution in [0.25, 0.3) is 11.3 Å². The van der Waals surface area contributed by atoms with E-state index in [9.17, 15) is 0 Å². The number of rotatable bonds is 5. The van der Waals surface area contributed by atoms with E-state index in [0.29, 0.717) is 28.9 Å². The van der Waals surface area contributed by atoms with Gasteiger partial charge in [-0.2, -0.15) is 5.10 Å². The first-order valence-electron chi connectivity index (χ1n) is 13.3. The Morgan fingerprint density at radius 2 is 1.77 bits per heavy atom. The summed E-state index contributed by atoms with van der Waals surface area (Å²) < 4.78 is 2.08. The van der Waals surface area contributed by atoms with E-state index in [1.54, 1.807) is 0 Å². The van der Waals surface area contributed by atoms with Gasteiger partial charge in [-0.3, -0.25) is 4.98 Å². The summed E-state index contributed by atoms with van der Waals surface area (Å²) in [6, 6.07) is 4.44. The highest BCUT2D eigenvalue weighted by molar-refractivity contribution is 6.19. The Kier molecular flexibility index (Phi) is 7.04. The van der Waals surface area contributed by atoms with Gasteiger partial charge in [0.25, 0.3) is 0 Å². The fourth-order valence-electron chi connectivity index (χ4n) is 5.64.